The second-order valence-corrected chi connectivity index (χ2v) is 8.61. The Hall–Kier alpha value is -1.24. The number of nitrogens with one attached hydrogen (secondary N) is 1. The van der Waals surface area contributed by atoms with Gasteiger partial charge in [-0.2, -0.15) is 11.8 Å². The van der Waals surface area contributed by atoms with Gasteiger partial charge in [-0.15, -0.1) is 10.2 Å². The number of hydrogen-bond donors (Lipinski definition) is 1. The van der Waals surface area contributed by atoms with E-state index in [-0.39, 0.29) is 0 Å². The van der Waals surface area contributed by atoms with Gasteiger partial charge in [0.25, 0.3) is 0 Å². The highest BCUT2D eigenvalue weighted by atomic mass is 32.2. The van der Waals surface area contributed by atoms with Gasteiger partial charge in [0.1, 0.15) is 12.2 Å². The largest absolute Gasteiger partial charge is 0.357 e. The van der Waals surface area contributed by atoms with Crippen LogP contribution in [-0.2, 0) is 13.0 Å². The molecule has 140 valence electrons. The maximum atomic E-state index is 4.91. The van der Waals surface area contributed by atoms with Gasteiger partial charge in [0.2, 0.25) is 0 Å². The quantitative estimate of drug-likeness (QED) is 0.643. The molecule has 0 bridgehead atoms. The highest BCUT2D eigenvalue weighted by Gasteiger charge is 2.38. The van der Waals surface area contributed by atoms with E-state index in [0.29, 0.717) is 4.75 Å². The predicted molar refractivity (Wildman–Crippen MR) is 105 cm³/mol. The van der Waals surface area contributed by atoms with Crippen LogP contribution in [0, 0.1) is 0 Å². The number of aryl methyl sites for hydroxylation is 1. The summed E-state index contributed by atoms with van der Waals surface area (Å²) in [4.78, 5) is 7.41. The Morgan fingerprint density at radius 3 is 2.92 bits per heavy atom. The van der Waals surface area contributed by atoms with Crippen molar-refractivity contribution in [3.8, 4) is 0 Å². The Kier molecular flexibility index (Phi) is 6.62. The van der Waals surface area contributed by atoms with E-state index < -0.39 is 0 Å². The third-order valence-corrected chi connectivity index (χ3v) is 6.80. The maximum absolute atomic E-state index is 4.91. The lowest BCUT2D eigenvalue weighted by Crippen LogP contribution is -2.53. The van der Waals surface area contributed by atoms with Gasteiger partial charge >= 0.3 is 0 Å². The Bertz CT molecular complexity index is 558. The summed E-state index contributed by atoms with van der Waals surface area (Å²) in [5.41, 5.74) is 0. The second kappa shape index (κ2) is 8.92. The first-order chi connectivity index (χ1) is 12.3. The molecule has 1 N–H and O–H groups in total. The van der Waals surface area contributed by atoms with E-state index >= 15 is 0 Å². The molecule has 2 heterocycles. The molecule has 3 rings (SSSR count). The van der Waals surface area contributed by atoms with Crippen LogP contribution < -0.4 is 5.32 Å². The third kappa shape index (κ3) is 4.68. The summed E-state index contributed by atoms with van der Waals surface area (Å²) >= 11 is 2.21. The summed E-state index contributed by atoms with van der Waals surface area (Å²) in [5.74, 6) is 3.34. The first-order valence-corrected chi connectivity index (χ1v) is 10.8. The van der Waals surface area contributed by atoms with Gasteiger partial charge in [-0.1, -0.05) is 26.2 Å². The number of nitrogens with zero attached hydrogens (tertiary/aromatic N) is 5. The minimum atomic E-state index is 0.469. The molecule has 1 saturated carbocycles. The smallest absolute Gasteiger partial charge is 0.194 e. The molecule has 0 amide bonds. The summed E-state index contributed by atoms with van der Waals surface area (Å²) < 4.78 is 2.58. The van der Waals surface area contributed by atoms with Crippen LogP contribution in [0.1, 0.15) is 51.8 Å². The van der Waals surface area contributed by atoms with E-state index in [4.69, 9.17) is 4.99 Å². The SMILES string of the molecule is CCNC(=NCCn1cnnc1CC)N1CCSC2(CCCCC2)C1. The molecule has 1 aromatic rings. The number of thioether (sulfide) groups is 1. The van der Waals surface area contributed by atoms with E-state index in [1.165, 1.54) is 37.9 Å². The molecular weight excluding hydrogens is 332 g/mol. The molecule has 0 atom stereocenters. The molecular formula is C18H32N6S. The van der Waals surface area contributed by atoms with Crippen LogP contribution >= 0.6 is 11.8 Å². The number of aromatic nitrogens is 3. The van der Waals surface area contributed by atoms with Gasteiger partial charge in [-0.3, -0.25) is 4.99 Å². The van der Waals surface area contributed by atoms with Crippen molar-refractivity contribution in [2.75, 3.05) is 31.9 Å². The molecule has 1 aliphatic carbocycles. The minimum Gasteiger partial charge on any atom is -0.357 e. The third-order valence-electron chi connectivity index (χ3n) is 5.26. The zero-order valence-electron chi connectivity index (χ0n) is 15.7. The van der Waals surface area contributed by atoms with Crippen LogP contribution in [0.2, 0.25) is 0 Å². The number of aliphatic imine (C=N–C) groups is 1. The molecule has 7 heteroatoms. The number of rotatable bonds is 5. The monoisotopic (exact) mass is 364 g/mol. The van der Waals surface area contributed by atoms with Crippen molar-refractivity contribution in [1.29, 1.82) is 0 Å². The van der Waals surface area contributed by atoms with Gasteiger partial charge in [0.15, 0.2) is 5.96 Å². The van der Waals surface area contributed by atoms with E-state index in [1.54, 1.807) is 0 Å². The fourth-order valence-electron chi connectivity index (χ4n) is 3.95. The van der Waals surface area contributed by atoms with E-state index in [0.717, 1.165) is 50.9 Å². The minimum absolute atomic E-state index is 0.469. The highest BCUT2D eigenvalue weighted by Crippen LogP contribution is 2.42. The average Bonchev–Trinajstić information content (AvgIpc) is 3.09. The zero-order chi connectivity index (χ0) is 17.5. The Morgan fingerprint density at radius 2 is 2.16 bits per heavy atom. The lowest BCUT2D eigenvalue weighted by molar-refractivity contribution is 0.293. The summed E-state index contributed by atoms with van der Waals surface area (Å²) in [6.45, 7) is 9.05. The van der Waals surface area contributed by atoms with Crippen LogP contribution in [0.25, 0.3) is 0 Å². The van der Waals surface area contributed by atoms with E-state index in [2.05, 4.69) is 50.6 Å². The van der Waals surface area contributed by atoms with Crippen molar-refractivity contribution in [3.05, 3.63) is 12.2 Å². The predicted octanol–water partition coefficient (Wildman–Crippen LogP) is 2.56. The molecule has 25 heavy (non-hydrogen) atoms. The van der Waals surface area contributed by atoms with Crippen LogP contribution in [-0.4, -0.2) is 62.3 Å². The fourth-order valence-corrected chi connectivity index (χ4v) is 5.52. The summed E-state index contributed by atoms with van der Waals surface area (Å²) in [5, 5.41) is 11.7. The van der Waals surface area contributed by atoms with Crippen molar-refractivity contribution in [1.82, 2.24) is 25.0 Å². The average molecular weight is 365 g/mol. The van der Waals surface area contributed by atoms with Crippen molar-refractivity contribution >= 4 is 17.7 Å². The molecule has 1 spiro atoms. The summed E-state index contributed by atoms with van der Waals surface area (Å²) in [7, 11) is 0. The lowest BCUT2D eigenvalue weighted by atomic mass is 9.87. The first-order valence-electron chi connectivity index (χ1n) is 9.80. The van der Waals surface area contributed by atoms with Crippen molar-refractivity contribution in [2.24, 2.45) is 4.99 Å². The number of guanidine groups is 1. The Balaban J connectivity index is 1.63. The zero-order valence-corrected chi connectivity index (χ0v) is 16.5. The van der Waals surface area contributed by atoms with Gasteiger partial charge < -0.3 is 14.8 Å². The van der Waals surface area contributed by atoms with Crippen LogP contribution in [0.15, 0.2) is 11.3 Å². The highest BCUT2D eigenvalue weighted by molar-refractivity contribution is 8.00. The second-order valence-electron chi connectivity index (χ2n) is 7.04. The van der Waals surface area contributed by atoms with Gasteiger partial charge in [-0.05, 0) is 19.8 Å². The number of hydrogen-bond acceptors (Lipinski definition) is 4. The Labute approximate surface area is 155 Å². The molecule has 2 fully saturated rings. The molecule has 1 aromatic heterocycles. The summed E-state index contributed by atoms with van der Waals surface area (Å²) in [6.07, 6.45) is 9.66. The molecule has 1 aliphatic heterocycles. The van der Waals surface area contributed by atoms with E-state index in [1.807, 2.05) is 6.33 Å². The van der Waals surface area contributed by atoms with E-state index in [9.17, 15) is 0 Å². The van der Waals surface area contributed by atoms with Gasteiger partial charge in [0, 0.05) is 43.1 Å². The summed E-state index contributed by atoms with van der Waals surface area (Å²) in [6, 6.07) is 0. The fraction of sp³-hybridized carbons (Fsp3) is 0.833. The van der Waals surface area contributed by atoms with Crippen LogP contribution in [0.3, 0.4) is 0 Å². The molecule has 0 unspecified atom stereocenters. The van der Waals surface area contributed by atoms with Crippen LogP contribution in [0.5, 0.6) is 0 Å². The Morgan fingerprint density at radius 1 is 1.32 bits per heavy atom. The molecule has 0 radical (unpaired) electrons. The first kappa shape index (κ1) is 18.5. The topological polar surface area (TPSA) is 58.3 Å². The lowest BCUT2D eigenvalue weighted by Gasteiger charge is -2.45. The maximum Gasteiger partial charge on any atom is 0.194 e. The van der Waals surface area contributed by atoms with Gasteiger partial charge in [-0.25, -0.2) is 0 Å². The normalized spacial score (nSPS) is 20.9. The molecule has 1 saturated heterocycles. The molecule has 6 nitrogen and oxygen atoms in total. The van der Waals surface area contributed by atoms with Gasteiger partial charge in [0.05, 0.1) is 6.54 Å². The van der Waals surface area contributed by atoms with Crippen LogP contribution in [0.4, 0.5) is 0 Å². The van der Waals surface area contributed by atoms with Crippen molar-refractivity contribution < 1.29 is 0 Å². The molecule has 2 aliphatic rings. The van der Waals surface area contributed by atoms with Crippen molar-refractivity contribution in [2.45, 2.75) is 63.7 Å². The standard InChI is InChI=1S/C18H32N6S/c1-3-16-22-21-15-24(16)11-10-20-17(19-4-2)23-12-13-25-18(14-23)8-6-5-7-9-18/h15H,3-14H2,1-2H3,(H,19,20). The van der Waals surface area contributed by atoms with Crippen molar-refractivity contribution in [3.63, 3.8) is 0 Å². The molecule has 0 aromatic carbocycles.